The first-order valence-electron chi connectivity index (χ1n) is 6.18. The number of aliphatic hydroxyl groups excluding tert-OH is 1. The number of carbonyl (C=O) groups is 1. The fourth-order valence-electron chi connectivity index (χ4n) is 1.96. The molecule has 1 amide bonds. The summed E-state index contributed by atoms with van der Waals surface area (Å²) in [4.78, 5) is 15.7. The average Bonchev–Trinajstić information content (AvgIpc) is 2.26. The molecule has 0 saturated carbocycles. The van der Waals surface area contributed by atoms with E-state index < -0.39 is 0 Å². The molecule has 5 heteroatoms. The number of aliphatic hydroxyl groups is 1. The maximum absolute atomic E-state index is 11.9. The molecule has 17 heavy (non-hydrogen) atoms. The van der Waals surface area contributed by atoms with Gasteiger partial charge in [0, 0.05) is 26.2 Å². The Morgan fingerprint density at radius 3 is 2.71 bits per heavy atom. The smallest absolute Gasteiger partial charge is 0.236 e. The number of carbonyl (C=O) groups excluding carboxylic acids is 1. The van der Waals surface area contributed by atoms with Gasteiger partial charge in [-0.1, -0.05) is 0 Å². The van der Waals surface area contributed by atoms with Crippen molar-refractivity contribution in [2.24, 2.45) is 0 Å². The molecule has 1 fully saturated rings. The highest BCUT2D eigenvalue weighted by Crippen LogP contribution is 2.11. The summed E-state index contributed by atoms with van der Waals surface area (Å²) in [6.07, 6.45) is -0.103. The number of nitrogens with zero attached hydrogens (tertiary/aromatic N) is 2. The van der Waals surface area contributed by atoms with Gasteiger partial charge in [-0.15, -0.1) is 0 Å². The van der Waals surface area contributed by atoms with Crippen molar-refractivity contribution in [1.82, 2.24) is 9.80 Å². The summed E-state index contributed by atoms with van der Waals surface area (Å²) < 4.78 is 5.54. The highest BCUT2D eigenvalue weighted by atomic mass is 16.5. The second-order valence-electron chi connectivity index (χ2n) is 5.04. The summed E-state index contributed by atoms with van der Waals surface area (Å²) in [5, 5.41) is 9.11. The SMILES string of the molecule is CC1CN(CC(=O)N(C)C(C)C)CC(CO)O1. The fourth-order valence-corrected chi connectivity index (χ4v) is 1.96. The number of likely N-dealkylation sites (N-methyl/N-ethyl adjacent to an activating group) is 1. The number of hydrogen-bond donors (Lipinski definition) is 1. The third-order valence-corrected chi connectivity index (χ3v) is 3.13. The Bertz CT molecular complexity index is 258. The lowest BCUT2D eigenvalue weighted by molar-refractivity contribution is -0.138. The number of hydrogen-bond acceptors (Lipinski definition) is 4. The highest BCUT2D eigenvalue weighted by Gasteiger charge is 2.27. The van der Waals surface area contributed by atoms with Crippen LogP contribution in [-0.4, -0.2) is 72.4 Å². The number of ether oxygens (including phenoxy) is 1. The standard InChI is InChI=1S/C12H24N2O3/c1-9(2)13(4)12(16)7-14-5-10(3)17-11(6-14)8-15/h9-11,15H,5-8H2,1-4H3. The maximum atomic E-state index is 11.9. The van der Waals surface area contributed by atoms with Crippen molar-refractivity contribution in [2.75, 3.05) is 33.3 Å². The summed E-state index contributed by atoms with van der Waals surface area (Å²) in [6.45, 7) is 7.73. The van der Waals surface area contributed by atoms with Crippen molar-refractivity contribution < 1.29 is 14.6 Å². The van der Waals surface area contributed by atoms with Crippen LogP contribution in [0.1, 0.15) is 20.8 Å². The van der Waals surface area contributed by atoms with E-state index in [4.69, 9.17) is 9.84 Å². The Hall–Kier alpha value is -0.650. The molecular formula is C12H24N2O3. The predicted molar refractivity (Wildman–Crippen MR) is 65.8 cm³/mol. The third kappa shape index (κ3) is 4.26. The van der Waals surface area contributed by atoms with Gasteiger partial charge in [0.25, 0.3) is 0 Å². The lowest BCUT2D eigenvalue weighted by Gasteiger charge is -2.36. The second-order valence-corrected chi connectivity index (χ2v) is 5.04. The molecule has 0 radical (unpaired) electrons. The van der Waals surface area contributed by atoms with Crippen LogP contribution < -0.4 is 0 Å². The average molecular weight is 244 g/mol. The van der Waals surface area contributed by atoms with E-state index in [1.165, 1.54) is 0 Å². The zero-order valence-corrected chi connectivity index (χ0v) is 11.2. The first-order valence-corrected chi connectivity index (χ1v) is 6.18. The fraction of sp³-hybridized carbons (Fsp3) is 0.917. The molecule has 1 rings (SSSR count). The molecule has 2 atom stereocenters. The topological polar surface area (TPSA) is 53.0 Å². The minimum absolute atomic E-state index is 0.00898. The van der Waals surface area contributed by atoms with Crippen LogP contribution in [0.2, 0.25) is 0 Å². The van der Waals surface area contributed by atoms with Gasteiger partial charge >= 0.3 is 0 Å². The van der Waals surface area contributed by atoms with E-state index in [0.29, 0.717) is 13.1 Å². The van der Waals surface area contributed by atoms with Crippen molar-refractivity contribution in [3.05, 3.63) is 0 Å². The maximum Gasteiger partial charge on any atom is 0.236 e. The lowest BCUT2D eigenvalue weighted by Crippen LogP contribution is -2.51. The van der Waals surface area contributed by atoms with E-state index in [9.17, 15) is 4.79 Å². The molecule has 1 aliphatic heterocycles. The molecule has 2 unspecified atom stereocenters. The van der Waals surface area contributed by atoms with Gasteiger partial charge in [0.1, 0.15) is 0 Å². The summed E-state index contributed by atoms with van der Waals surface area (Å²) in [7, 11) is 1.82. The Morgan fingerprint density at radius 1 is 1.53 bits per heavy atom. The quantitative estimate of drug-likeness (QED) is 0.752. The highest BCUT2D eigenvalue weighted by molar-refractivity contribution is 5.78. The molecule has 0 aliphatic carbocycles. The van der Waals surface area contributed by atoms with Gasteiger partial charge in [-0.25, -0.2) is 0 Å². The Morgan fingerprint density at radius 2 is 2.18 bits per heavy atom. The molecule has 1 saturated heterocycles. The zero-order valence-electron chi connectivity index (χ0n) is 11.2. The summed E-state index contributed by atoms with van der Waals surface area (Å²) in [5.74, 6) is 0.116. The largest absolute Gasteiger partial charge is 0.394 e. The van der Waals surface area contributed by atoms with Gasteiger partial charge in [0.15, 0.2) is 0 Å². The van der Waals surface area contributed by atoms with Gasteiger partial charge in [0.2, 0.25) is 5.91 Å². The van der Waals surface area contributed by atoms with E-state index in [-0.39, 0.29) is 30.8 Å². The van der Waals surface area contributed by atoms with Crippen LogP contribution in [0.5, 0.6) is 0 Å². The molecule has 1 aliphatic rings. The first-order chi connectivity index (χ1) is 7.93. The molecular weight excluding hydrogens is 220 g/mol. The Balaban J connectivity index is 2.47. The lowest BCUT2D eigenvalue weighted by atomic mass is 10.2. The Labute approximate surface area is 103 Å². The van der Waals surface area contributed by atoms with Crippen LogP contribution in [0.3, 0.4) is 0 Å². The van der Waals surface area contributed by atoms with Crippen LogP contribution in [0.4, 0.5) is 0 Å². The van der Waals surface area contributed by atoms with Crippen molar-refractivity contribution >= 4 is 5.91 Å². The van der Waals surface area contributed by atoms with E-state index in [1.54, 1.807) is 4.90 Å². The number of morpholine rings is 1. The van der Waals surface area contributed by atoms with Crippen molar-refractivity contribution in [3.63, 3.8) is 0 Å². The molecule has 1 N–H and O–H groups in total. The van der Waals surface area contributed by atoms with Crippen LogP contribution in [0.25, 0.3) is 0 Å². The van der Waals surface area contributed by atoms with Crippen molar-refractivity contribution in [1.29, 1.82) is 0 Å². The minimum Gasteiger partial charge on any atom is -0.394 e. The predicted octanol–water partition coefficient (Wildman–Crippen LogP) is -0.0652. The van der Waals surface area contributed by atoms with Crippen LogP contribution in [0, 0.1) is 0 Å². The van der Waals surface area contributed by atoms with Crippen molar-refractivity contribution in [2.45, 2.75) is 39.0 Å². The molecule has 100 valence electrons. The van der Waals surface area contributed by atoms with E-state index in [2.05, 4.69) is 4.90 Å². The van der Waals surface area contributed by atoms with E-state index in [0.717, 1.165) is 6.54 Å². The van der Waals surface area contributed by atoms with E-state index >= 15 is 0 Å². The number of amides is 1. The minimum atomic E-state index is -0.170. The molecule has 0 spiro atoms. The van der Waals surface area contributed by atoms with Crippen LogP contribution in [0.15, 0.2) is 0 Å². The molecule has 0 aromatic heterocycles. The zero-order chi connectivity index (χ0) is 13.0. The monoisotopic (exact) mass is 244 g/mol. The second kappa shape index (κ2) is 6.33. The summed E-state index contributed by atoms with van der Waals surface area (Å²) in [6, 6.07) is 0.217. The summed E-state index contributed by atoms with van der Waals surface area (Å²) in [5.41, 5.74) is 0. The molecule has 0 aromatic carbocycles. The van der Waals surface area contributed by atoms with Gasteiger partial charge in [-0.3, -0.25) is 9.69 Å². The number of rotatable bonds is 4. The summed E-state index contributed by atoms with van der Waals surface area (Å²) >= 11 is 0. The molecule has 5 nitrogen and oxygen atoms in total. The normalized spacial score (nSPS) is 26.2. The molecule has 0 aromatic rings. The van der Waals surface area contributed by atoms with Crippen molar-refractivity contribution in [3.8, 4) is 0 Å². The Kier molecular flexibility index (Phi) is 5.36. The van der Waals surface area contributed by atoms with Gasteiger partial charge in [0.05, 0.1) is 25.4 Å². The van der Waals surface area contributed by atoms with E-state index in [1.807, 2.05) is 27.8 Å². The molecule has 0 bridgehead atoms. The van der Waals surface area contributed by atoms with Gasteiger partial charge in [-0.2, -0.15) is 0 Å². The first kappa shape index (κ1) is 14.4. The van der Waals surface area contributed by atoms with Gasteiger partial charge in [-0.05, 0) is 20.8 Å². The van der Waals surface area contributed by atoms with Crippen LogP contribution in [-0.2, 0) is 9.53 Å². The van der Waals surface area contributed by atoms with Crippen LogP contribution >= 0.6 is 0 Å². The third-order valence-electron chi connectivity index (χ3n) is 3.13. The molecule has 1 heterocycles. The van der Waals surface area contributed by atoms with Gasteiger partial charge < -0.3 is 14.7 Å².